The van der Waals surface area contributed by atoms with Crippen LogP contribution in [0.1, 0.15) is 11.1 Å². The fraction of sp³-hybridized carbons (Fsp3) is 0.111. The van der Waals surface area contributed by atoms with Crippen molar-refractivity contribution in [3.05, 3.63) is 65.1 Å². The molecule has 5 nitrogen and oxygen atoms in total. The van der Waals surface area contributed by atoms with Crippen molar-refractivity contribution in [2.75, 3.05) is 7.11 Å². The van der Waals surface area contributed by atoms with Crippen LogP contribution in [0.15, 0.2) is 53.2 Å². The number of hydrogen-bond acceptors (Lipinski definition) is 5. The lowest BCUT2D eigenvalue weighted by atomic mass is 10.1. The number of methoxy groups -OCH3 is 1. The summed E-state index contributed by atoms with van der Waals surface area (Å²) in [6.07, 6.45) is 1.31. The molecule has 0 aliphatic carbocycles. The molecular weight excluding hydrogens is 351 g/mol. The van der Waals surface area contributed by atoms with E-state index < -0.39 is 18.4 Å². The second kappa shape index (κ2) is 7.30. The lowest BCUT2D eigenvalue weighted by Gasteiger charge is -2.10. The van der Waals surface area contributed by atoms with Gasteiger partial charge in [-0.25, -0.2) is 14.2 Å². The first kappa shape index (κ1) is 17.5. The third kappa shape index (κ3) is 3.69. The highest BCUT2D eigenvalue weighted by Gasteiger charge is 2.26. The average Bonchev–Trinajstić information content (AvgIpc) is 2.95. The highest BCUT2D eigenvalue weighted by atomic mass is 19.3. The quantitative estimate of drug-likeness (QED) is 0.599. The zero-order chi connectivity index (χ0) is 18.7. The van der Waals surface area contributed by atoms with Gasteiger partial charge in [-0.3, -0.25) is 0 Å². The molecule has 1 aliphatic rings. The van der Waals surface area contributed by atoms with Gasteiger partial charge in [0.1, 0.15) is 5.82 Å². The third-order valence-corrected chi connectivity index (χ3v) is 3.43. The van der Waals surface area contributed by atoms with E-state index in [0.29, 0.717) is 5.56 Å². The first-order valence-electron chi connectivity index (χ1n) is 7.38. The van der Waals surface area contributed by atoms with Crippen molar-refractivity contribution in [3.63, 3.8) is 0 Å². The predicted octanol–water partition coefficient (Wildman–Crippen LogP) is 3.78. The van der Waals surface area contributed by atoms with E-state index in [0.717, 1.165) is 0 Å². The maximum Gasteiger partial charge on any atom is 0.387 e. The lowest BCUT2D eigenvalue weighted by Crippen LogP contribution is -2.07. The fourth-order valence-electron chi connectivity index (χ4n) is 2.29. The van der Waals surface area contributed by atoms with Gasteiger partial charge in [0.25, 0.3) is 0 Å². The summed E-state index contributed by atoms with van der Waals surface area (Å²) >= 11 is 0. The molecule has 26 heavy (non-hydrogen) atoms. The summed E-state index contributed by atoms with van der Waals surface area (Å²) in [5.41, 5.74) is 0.295. The van der Waals surface area contributed by atoms with Crippen LogP contribution in [-0.2, 0) is 9.53 Å². The summed E-state index contributed by atoms with van der Waals surface area (Å²) in [6, 6.07) is 9.90. The molecule has 0 bridgehead atoms. The van der Waals surface area contributed by atoms with Gasteiger partial charge in [-0.2, -0.15) is 8.78 Å². The molecule has 0 aromatic heterocycles. The molecule has 134 valence electrons. The van der Waals surface area contributed by atoms with Crippen molar-refractivity contribution in [2.24, 2.45) is 4.99 Å². The van der Waals surface area contributed by atoms with Gasteiger partial charge in [0, 0.05) is 0 Å². The van der Waals surface area contributed by atoms with Gasteiger partial charge in [-0.15, -0.1) is 0 Å². The molecule has 0 saturated carbocycles. The molecule has 8 heteroatoms. The molecule has 0 N–H and O–H groups in total. The second-order valence-electron chi connectivity index (χ2n) is 5.10. The summed E-state index contributed by atoms with van der Waals surface area (Å²) in [5, 5.41) is 0. The van der Waals surface area contributed by atoms with Gasteiger partial charge in [0.15, 0.2) is 17.2 Å². The number of halogens is 3. The summed E-state index contributed by atoms with van der Waals surface area (Å²) in [4.78, 5) is 15.9. The van der Waals surface area contributed by atoms with E-state index in [9.17, 15) is 18.0 Å². The van der Waals surface area contributed by atoms with Gasteiger partial charge < -0.3 is 14.2 Å². The van der Waals surface area contributed by atoms with Crippen molar-refractivity contribution in [1.82, 2.24) is 0 Å². The SMILES string of the molecule is COc1ccc(/C=C2/N=C(c3ccccc3F)OC2=O)cc1OC(F)F. The lowest BCUT2D eigenvalue weighted by molar-refractivity contribution is -0.129. The zero-order valence-corrected chi connectivity index (χ0v) is 13.4. The Balaban J connectivity index is 1.94. The number of benzene rings is 2. The van der Waals surface area contributed by atoms with E-state index in [1.165, 1.54) is 49.6 Å². The number of aliphatic imine (C=N–C) groups is 1. The minimum atomic E-state index is -3.03. The maximum absolute atomic E-state index is 13.8. The molecule has 0 saturated heterocycles. The normalized spacial score (nSPS) is 15.2. The predicted molar refractivity (Wildman–Crippen MR) is 86.6 cm³/mol. The van der Waals surface area contributed by atoms with Crippen LogP contribution in [-0.4, -0.2) is 25.6 Å². The number of cyclic esters (lactones) is 1. The van der Waals surface area contributed by atoms with E-state index >= 15 is 0 Å². The molecule has 3 rings (SSSR count). The molecule has 1 heterocycles. The number of carbonyl (C=O) groups excluding carboxylic acids is 1. The van der Waals surface area contributed by atoms with Crippen LogP contribution in [0, 0.1) is 5.82 Å². The minimum absolute atomic E-state index is 0.0423. The summed E-state index contributed by atoms with van der Waals surface area (Å²) < 4.78 is 53.1. The number of carbonyl (C=O) groups is 1. The van der Waals surface area contributed by atoms with Gasteiger partial charge in [0.2, 0.25) is 5.90 Å². The molecular formula is C18H12F3NO4. The van der Waals surface area contributed by atoms with Crippen molar-refractivity contribution in [2.45, 2.75) is 6.61 Å². The largest absolute Gasteiger partial charge is 0.493 e. The van der Waals surface area contributed by atoms with E-state index in [1.807, 2.05) is 0 Å². The Morgan fingerprint density at radius 2 is 1.92 bits per heavy atom. The highest BCUT2D eigenvalue weighted by Crippen LogP contribution is 2.31. The van der Waals surface area contributed by atoms with Crippen molar-refractivity contribution in [1.29, 1.82) is 0 Å². The summed E-state index contributed by atoms with van der Waals surface area (Å²) in [6.45, 7) is -3.03. The average molecular weight is 363 g/mol. The fourth-order valence-corrected chi connectivity index (χ4v) is 2.29. The van der Waals surface area contributed by atoms with Crippen LogP contribution in [0.3, 0.4) is 0 Å². The van der Waals surface area contributed by atoms with E-state index in [-0.39, 0.29) is 28.7 Å². The Hall–Kier alpha value is -3.29. The van der Waals surface area contributed by atoms with Crippen molar-refractivity contribution in [3.8, 4) is 11.5 Å². The number of hydrogen-bond donors (Lipinski definition) is 0. The molecule has 0 atom stereocenters. The minimum Gasteiger partial charge on any atom is -0.493 e. The monoisotopic (exact) mass is 363 g/mol. The first-order chi connectivity index (χ1) is 12.5. The molecule has 0 amide bonds. The topological polar surface area (TPSA) is 57.1 Å². The zero-order valence-electron chi connectivity index (χ0n) is 13.4. The summed E-state index contributed by atoms with van der Waals surface area (Å²) in [5.74, 6) is -1.62. The molecule has 1 aliphatic heterocycles. The molecule has 0 radical (unpaired) electrons. The van der Waals surface area contributed by atoms with Gasteiger partial charge in [-0.05, 0) is 35.9 Å². The Morgan fingerprint density at radius 3 is 2.62 bits per heavy atom. The van der Waals surface area contributed by atoms with Gasteiger partial charge in [0.05, 0.1) is 12.7 Å². The Labute approximate surface area is 146 Å². The second-order valence-corrected chi connectivity index (χ2v) is 5.10. The molecule has 0 fully saturated rings. The van der Waals surface area contributed by atoms with Crippen LogP contribution in [0.25, 0.3) is 6.08 Å². The standard InChI is InChI=1S/C18H12F3NO4/c1-24-14-7-6-10(9-15(14)25-18(20)21)8-13-17(23)26-16(22-13)11-4-2-3-5-12(11)19/h2-9,18H,1H3/b13-8+. The molecule has 2 aromatic carbocycles. The van der Waals surface area contributed by atoms with Crippen LogP contribution >= 0.6 is 0 Å². The third-order valence-electron chi connectivity index (χ3n) is 3.43. The van der Waals surface area contributed by atoms with Crippen molar-refractivity contribution < 1.29 is 32.2 Å². The van der Waals surface area contributed by atoms with E-state index in [1.54, 1.807) is 6.07 Å². The van der Waals surface area contributed by atoms with E-state index in [2.05, 4.69) is 9.73 Å². The van der Waals surface area contributed by atoms with Gasteiger partial charge in [-0.1, -0.05) is 18.2 Å². The first-order valence-corrected chi connectivity index (χ1v) is 7.38. The molecule has 2 aromatic rings. The number of ether oxygens (including phenoxy) is 3. The van der Waals surface area contributed by atoms with Crippen molar-refractivity contribution >= 4 is 17.9 Å². The smallest absolute Gasteiger partial charge is 0.387 e. The Morgan fingerprint density at radius 1 is 1.15 bits per heavy atom. The Bertz CT molecular complexity index is 909. The number of alkyl halides is 2. The van der Waals surface area contributed by atoms with Crippen LogP contribution < -0.4 is 9.47 Å². The molecule has 0 unspecified atom stereocenters. The number of nitrogens with zero attached hydrogens (tertiary/aromatic N) is 1. The van der Waals surface area contributed by atoms with Crippen LogP contribution in [0.4, 0.5) is 13.2 Å². The maximum atomic E-state index is 13.8. The van der Waals surface area contributed by atoms with E-state index in [4.69, 9.17) is 9.47 Å². The highest BCUT2D eigenvalue weighted by molar-refractivity contribution is 6.12. The molecule has 0 spiro atoms. The Kier molecular flexibility index (Phi) is 4.92. The number of rotatable bonds is 5. The number of esters is 1. The van der Waals surface area contributed by atoms with Crippen LogP contribution in [0.5, 0.6) is 11.5 Å². The van der Waals surface area contributed by atoms with Crippen LogP contribution in [0.2, 0.25) is 0 Å². The summed E-state index contributed by atoms with van der Waals surface area (Å²) in [7, 11) is 1.31. The van der Waals surface area contributed by atoms with Gasteiger partial charge >= 0.3 is 12.6 Å².